The molecule has 0 aliphatic heterocycles. The molecule has 104 valence electrons. The van der Waals surface area contributed by atoms with Crippen LogP contribution in [0.4, 0.5) is 4.79 Å². The third-order valence-corrected chi connectivity index (χ3v) is 3.69. The molecular formula is C13H24N2O3. The molecule has 0 saturated heterocycles. The van der Waals surface area contributed by atoms with Crippen LogP contribution in [0.15, 0.2) is 0 Å². The monoisotopic (exact) mass is 256 g/mol. The Bertz CT molecular complexity index is 305. The summed E-state index contributed by atoms with van der Waals surface area (Å²) in [7, 11) is 0. The summed E-state index contributed by atoms with van der Waals surface area (Å²) in [5.74, 6) is -0.988. The molecule has 0 unspecified atom stereocenters. The van der Waals surface area contributed by atoms with Crippen LogP contribution in [-0.4, -0.2) is 29.2 Å². The van der Waals surface area contributed by atoms with E-state index in [1.165, 1.54) is 0 Å². The first-order chi connectivity index (χ1) is 8.34. The highest BCUT2D eigenvalue weighted by Crippen LogP contribution is 2.34. The fourth-order valence-corrected chi connectivity index (χ4v) is 2.27. The van der Waals surface area contributed by atoms with E-state index in [1.807, 2.05) is 0 Å². The number of amides is 2. The Balaban J connectivity index is 2.35. The highest BCUT2D eigenvalue weighted by Gasteiger charge is 2.28. The van der Waals surface area contributed by atoms with Gasteiger partial charge >= 0.3 is 12.0 Å². The first-order valence-corrected chi connectivity index (χ1v) is 6.64. The molecule has 0 heterocycles. The van der Waals surface area contributed by atoms with Crippen LogP contribution in [0.25, 0.3) is 0 Å². The van der Waals surface area contributed by atoms with Gasteiger partial charge in [0.25, 0.3) is 0 Å². The van der Waals surface area contributed by atoms with E-state index in [-0.39, 0.29) is 12.1 Å². The summed E-state index contributed by atoms with van der Waals surface area (Å²) < 4.78 is 0. The molecule has 1 aliphatic carbocycles. The average Bonchev–Trinajstić information content (AvgIpc) is 2.28. The second-order valence-corrected chi connectivity index (χ2v) is 5.86. The summed E-state index contributed by atoms with van der Waals surface area (Å²) in [5.41, 5.74) is 0.363. The summed E-state index contributed by atoms with van der Waals surface area (Å²) in [6, 6.07) is -0.997. The zero-order valence-corrected chi connectivity index (χ0v) is 11.5. The lowest BCUT2D eigenvalue weighted by molar-refractivity contribution is -0.139. The topological polar surface area (TPSA) is 78.4 Å². The van der Waals surface area contributed by atoms with Crippen LogP contribution in [0.2, 0.25) is 0 Å². The molecule has 5 nitrogen and oxygen atoms in total. The number of nitrogens with one attached hydrogen (secondary N) is 2. The predicted molar refractivity (Wildman–Crippen MR) is 69.4 cm³/mol. The van der Waals surface area contributed by atoms with Crippen LogP contribution >= 0.6 is 0 Å². The second-order valence-electron chi connectivity index (χ2n) is 5.86. The first kappa shape index (κ1) is 14.8. The Morgan fingerprint density at radius 3 is 2.33 bits per heavy atom. The number of hydrogen-bond donors (Lipinski definition) is 3. The normalized spacial score (nSPS) is 21.1. The largest absolute Gasteiger partial charge is 0.480 e. The van der Waals surface area contributed by atoms with Gasteiger partial charge in [-0.3, -0.25) is 0 Å². The van der Waals surface area contributed by atoms with Crippen molar-refractivity contribution < 1.29 is 14.7 Å². The zero-order chi connectivity index (χ0) is 13.8. The minimum atomic E-state index is -0.988. The van der Waals surface area contributed by atoms with Gasteiger partial charge in [0.2, 0.25) is 0 Å². The smallest absolute Gasteiger partial charge is 0.326 e. The van der Waals surface area contributed by atoms with E-state index in [0.29, 0.717) is 11.8 Å². The van der Waals surface area contributed by atoms with E-state index >= 15 is 0 Å². The fourth-order valence-electron chi connectivity index (χ4n) is 2.27. The maximum absolute atomic E-state index is 11.7. The quantitative estimate of drug-likeness (QED) is 0.721. The molecule has 0 aromatic heterocycles. The van der Waals surface area contributed by atoms with Crippen LogP contribution in [0, 0.1) is 5.41 Å². The molecule has 1 saturated carbocycles. The van der Waals surface area contributed by atoms with Crippen molar-refractivity contribution >= 4 is 12.0 Å². The molecule has 5 heteroatoms. The lowest BCUT2D eigenvalue weighted by atomic mass is 9.76. The standard InChI is InChI=1S/C13H24N2O3/c1-4-10(11(16)17)15-12(18)14-9-5-7-13(2,3)8-6-9/h9-10H,4-8H2,1-3H3,(H,16,17)(H2,14,15,18)/t10-/m1/s1. The summed E-state index contributed by atoms with van der Waals surface area (Å²) in [6.45, 7) is 6.21. The molecule has 1 fully saturated rings. The molecule has 1 aliphatic rings. The highest BCUT2D eigenvalue weighted by molar-refractivity contribution is 5.82. The van der Waals surface area contributed by atoms with E-state index in [1.54, 1.807) is 6.92 Å². The minimum absolute atomic E-state index is 0.171. The van der Waals surface area contributed by atoms with Gasteiger partial charge in [0.1, 0.15) is 6.04 Å². The van der Waals surface area contributed by atoms with Gasteiger partial charge in [0.05, 0.1) is 0 Å². The molecule has 18 heavy (non-hydrogen) atoms. The van der Waals surface area contributed by atoms with E-state index < -0.39 is 12.0 Å². The first-order valence-electron chi connectivity index (χ1n) is 6.64. The van der Waals surface area contributed by atoms with Gasteiger partial charge in [-0.05, 0) is 37.5 Å². The molecule has 0 bridgehead atoms. The van der Waals surface area contributed by atoms with Crippen molar-refractivity contribution in [3.63, 3.8) is 0 Å². The molecule has 3 N–H and O–H groups in total. The molecule has 0 aromatic carbocycles. The Hall–Kier alpha value is -1.26. The summed E-state index contributed by atoms with van der Waals surface area (Å²) in [6.07, 6.45) is 4.50. The molecule has 0 aromatic rings. The highest BCUT2D eigenvalue weighted by atomic mass is 16.4. The molecule has 1 atom stereocenters. The maximum Gasteiger partial charge on any atom is 0.326 e. The van der Waals surface area contributed by atoms with Crippen molar-refractivity contribution in [3.05, 3.63) is 0 Å². The number of carboxylic acids is 1. The maximum atomic E-state index is 11.7. The van der Waals surface area contributed by atoms with Gasteiger partial charge in [-0.25, -0.2) is 9.59 Å². The number of urea groups is 1. The SMILES string of the molecule is CC[C@@H](NC(=O)NC1CCC(C)(C)CC1)C(=O)O. The summed E-state index contributed by atoms with van der Waals surface area (Å²) >= 11 is 0. The fraction of sp³-hybridized carbons (Fsp3) is 0.846. The Morgan fingerprint density at radius 1 is 1.33 bits per heavy atom. The van der Waals surface area contributed by atoms with Crippen molar-refractivity contribution in [1.82, 2.24) is 10.6 Å². The lowest BCUT2D eigenvalue weighted by Gasteiger charge is -2.34. The third kappa shape index (κ3) is 4.55. The van der Waals surface area contributed by atoms with Crippen LogP contribution < -0.4 is 10.6 Å². The van der Waals surface area contributed by atoms with Gasteiger partial charge in [-0.15, -0.1) is 0 Å². The Kier molecular flexibility index (Phi) is 4.99. The number of carbonyl (C=O) groups is 2. The molecule has 2 amide bonds. The van der Waals surface area contributed by atoms with E-state index in [9.17, 15) is 9.59 Å². The number of aliphatic carboxylic acids is 1. The van der Waals surface area contributed by atoms with Crippen LogP contribution in [0.1, 0.15) is 52.9 Å². The summed E-state index contributed by atoms with van der Waals surface area (Å²) in [4.78, 5) is 22.5. The van der Waals surface area contributed by atoms with Crippen LogP contribution in [-0.2, 0) is 4.79 Å². The molecular weight excluding hydrogens is 232 g/mol. The van der Waals surface area contributed by atoms with Crippen molar-refractivity contribution in [2.75, 3.05) is 0 Å². The van der Waals surface area contributed by atoms with Crippen LogP contribution in [0.3, 0.4) is 0 Å². The third-order valence-electron chi connectivity index (χ3n) is 3.69. The average molecular weight is 256 g/mol. The molecule has 0 spiro atoms. The van der Waals surface area contributed by atoms with Gasteiger partial charge in [0, 0.05) is 6.04 Å². The van der Waals surface area contributed by atoms with Gasteiger partial charge < -0.3 is 15.7 Å². The van der Waals surface area contributed by atoms with Gasteiger partial charge in [0.15, 0.2) is 0 Å². The number of carboxylic acid groups (broad SMARTS) is 1. The zero-order valence-electron chi connectivity index (χ0n) is 11.5. The minimum Gasteiger partial charge on any atom is -0.480 e. The Morgan fingerprint density at radius 2 is 1.89 bits per heavy atom. The van der Waals surface area contributed by atoms with Crippen molar-refractivity contribution in [1.29, 1.82) is 0 Å². The lowest BCUT2D eigenvalue weighted by Crippen LogP contribution is -2.49. The van der Waals surface area contributed by atoms with Gasteiger partial charge in [-0.2, -0.15) is 0 Å². The van der Waals surface area contributed by atoms with Crippen LogP contribution in [0.5, 0.6) is 0 Å². The Labute approximate surface area is 108 Å². The summed E-state index contributed by atoms with van der Waals surface area (Å²) in [5, 5.41) is 14.2. The number of hydrogen-bond acceptors (Lipinski definition) is 2. The van der Waals surface area contributed by atoms with Gasteiger partial charge in [-0.1, -0.05) is 20.8 Å². The second kappa shape index (κ2) is 6.07. The number of carbonyl (C=O) groups excluding carboxylic acids is 1. The van der Waals surface area contributed by atoms with E-state index in [2.05, 4.69) is 24.5 Å². The number of rotatable bonds is 4. The van der Waals surface area contributed by atoms with Crippen molar-refractivity contribution in [2.24, 2.45) is 5.41 Å². The molecule has 0 radical (unpaired) electrons. The van der Waals surface area contributed by atoms with E-state index in [4.69, 9.17) is 5.11 Å². The van der Waals surface area contributed by atoms with Crippen molar-refractivity contribution in [2.45, 2.75) is 65.0 Å². The molecule has 1 rings (SSSR count). The predicted octanol–water partition coefficient (Wildman–Crippen LogP) is 2.12. The van der Waals surface area contributed by atoms with E-state index in [0.717, 1.165) is 25.7 Å². The van der Waals surface area contributed by atoms with Crippen molar-refractivity contribution in [3.8, 4) is 0 Å².